The molecule has 0 aromatic carbocycles. The summed E-state index contributed by atoms with van der Waals surface area (Å²) in [4.78, 5) is 0. The highest BCUT2D eigenvalue weighted by molar-refractivity contribution is 7.99. The van der Waals surface area contributed by atoms with Crippen molar-refractivity contribution in [1.82, 2.24) is 25.5 Å². The number of hydrogen-bond donors (Lipinski definition) is 1. The summed E-state index contributed by atoms with van der Waals surface area (Å²) in [5, 5.41) is 17.0. The molecule has 1 atom stereocenters. The van der Waals surface area contributed by atoms with Crippen LogP contribution in [0.25, 0.3) is 0 Å². The summed E-state index contributed by atoms with van der Waals surface area (Å²) in [6.07, 6.45) is 9.07. The molecular weight excluding hydrogens is 270 g/mol. The third-order valence-electron chi connectivity index (χ3n) is 4.37. The number of thioether (sulfide) groups is 1. The summed E-state index contributed by atoms with van der Waals surface area (Å²) in [6, 6.07) is 1.17. The first-order valence-corrected chi connectivity index (χ1v) is 9.01. The summed E-state index contributed by atoms with van der Waals surface area (Å²) in [7, 11) is 0. The Morgan fingerprint density at radius 2 is 2.10 bits per heavy atom. The Morgan fingerprint density at radius 3 is 2.80 bits per heavy atom. The predicted octanol–water partition coefficient (Wildman–Crippen LogP) is 2.66. The van der Waals surface area contributed by atoms with Gasteiger partial charge in [-0.2, -0.15) is 0 Å². The van der Waals surface area contributed by atoms with Crippen LogP contribution in [-0.2, 0) is 0 Å². The van der Waals surface area contributed by atoms with Crippen molar-refractivity contribution in [3.05, 3.63) is 0 Å². The maximum absolute atomic E-state index is 4.23. The lowest BCUT2D eigenvalue weighted by molar-refractivity contribution is 0.422. The minimum absolute atomic E-state index is 0.537. The highest BCUT2D eigenvalue weighted by Gasteiger charge is 2.31. The molecule has 112 valence electrons. The van der Waals surface area contributed by atoms with Gasteiger partial charge in [0.2, 0.25) is 5.16 Å². The van der Waals surface area contributed by atoms with Gasteiger partial charge in [-0.3, -0.25) is 0 Å². The maximum Gasteiger partial charge on any atom is 0.209 e. The zero-order chi connectivity index (χ0) is 13.8. The van der Waals surface area contributed by atoms with Crippen molar-refractivity contribution in [2.24, 2.45) is 5.92 Å². The first-order valence-electron chi connectivity index (χ1n) is 8.02. The Balaban J connectivity index is 1.55. The normalized spacial score (nSPS) is 21.4. The number of hydrogen-bond acceptors (Lipinski definition) is 5. The molecule has 2 fully saturated rings. The molecule has 1 aromatic heterocycles. The number of rotatable bonds is 8. The van der Waals surface area contributed by atoms with Gasteiger partial charge < -0.3 is 5.32 Å². The van der Waals surface area contributed by atoms with Crippen LogP contribution >= 0.6 is 11.8 Å². The van der Waals surface area contributed by atoms with E-state index in [1.807, 2.05) is 11.8 Å². The van der Waals surface area contributed by atoms with Crippen LogP contribution < -0.4 is 5.32 Å². The SMILES string of the molecule is CCCNC(CSc1nnnn1C1CCCC1)C1CC1. The molecule has 0 bridgehead atoms. The second-order valence-electron chi connectivity index (χ2n) is 6.05. The van der Waals surface area contributed by atoms with E-state index < -0.39 is 0 Å². The molecule has 1 unspecified atom stereocenters. The zero-order valence-corrected chi connectivity index (χ0v) is 13.1. The number of aromatic nitrogens is 4. The fourth-order valence-corrected chi connectivity index (χ4v) is 4.14. The minimum Gasteiger partial charge on any atom is -0.313 e. The average molecular weight is 295 g/mol. The lowest BCUT2D eigenvalue weighted by Gasteiger charge is -2.17. The molecule has 0 amide bonds. The van der Waals surface area contributed by atoms with E-state index in [0.29, 0.717) is 12.1 Å². The average Bonchev–Trinajstić information content (AvgIpc) is 2.98. The van der Waals surface area contributed by atoms with Crippen molar-refractivity contribution in [3.63, 3.8) is 0 Å². The number of nitrogens with zero attached hydrogens (tertiary/aromatic N) is 4. The largest absolute Gasteiger partial charge is 0.313 e. The van der Waals surface area contributed by atoms with Crippen molar-refractivity contribution in [2.45, 2.75) is 69.1 Å². The molecule has 0 saturated heterocycles. The Labute approximate surface area is 125 Å². The van der Waals surface area contributed by atoms with Crippen LogP contribution in [0.1, 0.15) is 57.9 Å². The van der Waals surface area contributed by atoms with Gasteiger partial charge in [-0.15, -0.1) is 5.10 Å². The zero-order valence-electron chi connectivity index (χ0n) is 12.3. The Bertz CT molecular complexity index is 411. The lowest BCUT2D eigenvalue weighted by Crippen LogP contribution is -2.34. The van der Waals surface area contributed by atoms with Gasteiger partial charge in [0.05, 0.1) is 6.04 Å². The number of tetrazole rings is 1. The van der Waals surface area contributed by atoms with Gasteiger partial charge in [-0.1, -0.05) is 31.5 Å². The van der Waals surface area contributed by atoms with Crippen molar-refractivity contribution < 1.29 is 0 Å². The highest BCUT2D eigenvalue weighted by Crippen LogP contribution is 2.36. The van der Waals surface area contributed by atoms with Gasteiger partial charge in [-0.25, -0.2) is 4.68 Å². The number of nitrogens with one attached hydrogen (secondary N) is 1. The van der Waals surface area contributed by atoms with Gasteiger partial charge in [0.25, 0.3) is 0 Å². The Hall–Kier alpha value is -0.620. The molecule has 1 N–H and O–H groups in total. The van der Waals surface area contributed by atoms with Gasteiger partial charge in [0.1, 0.15) is 0 Å². The molecule has 20 heavy (non-hydrogen) atoms. The topological polar surface area (TPSA) is 55.6 Å². The van der Waals surface area contributed by atoms with E-state index in [1.165, 1.54) is 44.9 Å². The van der Waals surface area contributed by atoms with Crippen LogP contribution in [-0.4, -0.2) is 38.5 Å². The van der Waals surface area contributed by atoms with Gasteiger partial charge in [0, 0.05) is 11.8 Å². The second-order valence-corrected chi connectivity index (χ2v) is 7.04. The fourth-order valence-electron chi connectivity index (χ4n) is 3.01. The van der Waals surface area contributed by atoms with Crippen LogP contribution in [0, 0.1) is 5.92 Å². The minimum atomic E-state index is 0.537. The second kappa shape index (κ2) is 6.89. The monoisotopic (exact) mass is 295 g/mol. The molecule has 0 radical (unpaired) electrons. The smallest absolute Gasteiger partial charge is 0.209 e. The first kappa shape index (κ1) is 14.3. The van der Waals surface area contributed by atoms with Crippen LogP contribution in [0.3, 0.4) is 0 Å². The molecular formula is C14H25N5S. The molecule has 3 rings (SSSR count). The maximum atomic E-state index is 4.23. The molecule has 5 nitrogen and oxygen atoms in total. The molecule has 1 aromatic rings. The summed E-state index contributed by atoms with van der Waals surface area (Å²) >= 11 is 1.83. The van der Waals surface area contributed by atoms with E-state index in [-0.39, 0.29) is 0 Å². The van der Waals surface area contributed by atoms with Crippen LogP contribution in [0.2, 0.25) is 0 Å². The summed E-state index contributed by atoms with van der Waals surface area (Å²) in [5.74, 6) is 1.97. The first-order chi connectivity index (χ1) is 9.88. The molecule has 2 saturated carbocycles. The Kier molecular flexibility index (Phi) is 4.94. The van der Waals surface area contributed by atoms with Gasteiger partial charge in [-0.05, 0) is 55.0 Å². The molecule has 1 heterocycles. The van der Waals surface area contributed by atoms with Crippen LogP contribution in [0.5, 0.6) is 0 Å². The molecule has 2 aliphatic rings. The predicted molar refractivity (Wildman–Crippen MR) is 80.9 cm³/mol. The van der Waals surface area contributed by atoms with E-state index >= 15 is 0 Å². The summed E-state index contributed by atoms with van der Waals surface area (Å²) in [6.45, 7) is 3.35. The molecule has 0 aliphatic heterocycles. The van der Waals surface area contributed by atoms with Crippen molar-refractivity contribution in [2.75, 3.05) is 12.3 Å². The van der Waals surface area contributed by atoms with E-state index in [2.05, 4.69) is 32.4 Å². The van der Waals surface area contributed by atoms with E-state index in [4.69, 9.17) is 0 Å². The van der Waals surface area contributed by atoms with Gasteiger partial charge >= 0.3 is 0 Å². The van der Waals surface area contributed by atoms with Crippen molar-refractivity contribution in [3.8, 4) is 0 Å². The fraction of sp³-hybridized carbons (Fsp3) is 0.929. The third-order valence-corrected chi connectivity index (χ3v) is 5.43. The summed E-state index contributed by atoms with van der Waals surface area (Å²) in [5.41, 5.74) is 0. The van der Waals surface area contributed by atoms with Crippen LogP contribution in [0.15, 0.2) is 5.16 Å². The lowest BCUT2D eigenvalue weighted by atomic mass is 10.2. The Morgan fingerprint density at radius 1 is 1.30 bits per heavy atom. The van der Waals surface area contributed by atoms with Gasteiger partial charge in [0.15, 0.2) is 0 Å². The van der Waals surface area contributed by atoms with E-state index in [9.17, 15) is 0 Å². The molecule has 2 aliphatic carbocycles. The quantitative estimate of drug-likeness (QED) is 0.747. The molecule has 6 heteroatoms. The van der Waals surface area contributed by atoms with E-state index in [1.54, 1.807) is 0 Å². The molecule has 0 spiro atoms. The highest BCUT2D eigenvalue weighted by atomic mass is 32.2. The third kappa shape index (κ3) is 3.52. The van der Waals surface area contributed by atoms with Crippen LogP contribution in [0.4, 0.5) is 0 Å². The standard InChI is InChI=1S/C14H25N5S/c1-2-9-15-13(11-7-8-11)10-20-14-16-17-18-19(14)12-5-3-4-6-12/h11-13,15H,2-10H2,1H3. The van der Waals surface area contributed by atoms with E-state index in [0.717, 1.165) is 23.4 Å². The summed E-state index contributed by atoms with van der Waals surface area (Å²) < 4.78 is 2.07. The van der Waals surface area contributed by atoms with Crippen molar-refractivity contribution >= 4 is 11.8 Å². The van der Waals surface area contributed by atoms with Crippen molar-refractivity contribution in [1.29, 1.82) is 0 Å².